The Balaban J connectivity index is 2.12. The van der Waals surface area contributed by atoms with Gasteiger partial charge in [-0.1, -0.05) is 13.8 Å². The van der Waals surface area contributed by atoms with E-state index in [0.717, 1.165) is 24.2 Å². The summed E-state index contributed by atoms with van der Waals surface area (Å²) < 4.78 is 12.6. The second-order valence-electron chi connectivity index (χ2n) is 5.82. The van der Waals surface area contributed by atoms with E-state index >= 15 is 0 Å². The van der Waals surface area contributed by atoms with Crippen LogP contribution in [0.3, 0.4) is 0 Å². The largest absolute Gasteiger partial charge is 0.493 e. The first kappa shape index (κ1) is 19.6. The van der Waals surface area contributed by atoms with Gasteiger partial charge in [0.1, 0.15) is 0 Å². The number of anilines is 1. The minimum absolute atomic E-state index is 0.668. The predicted octanol–water partition coefficient (Wildman–Crippen LogP) is 2.75. The number of nitrogens with zero attached hydrogens (tertiary/aromatic N) is 3. The Morgan fingerprint density at radius 3 is 2.46 bits per heavy atom. The number of rotatable bonds is 7. The van der Waals surface area contributed by atoms with Crippen LogP contribution >= 0.6 is 0 Å². The molecule has 26 heavy (non-hydrogen) atoms. The number of aryl methyl sites for hydroxylation is 2. The minimum atomic E-state index is 0.668. The molecule has 0 amide bonds. The molecule has 0 saturated carbocycles. The summed E-state index contributed by atoms with van der Waals surface area (Å²) in [4.78, 5) is 4.31. The zero-order valence-corrected chi connectivity index (χ0v) is 16.5. The monoisotopic (exact) mass is 359 g/mol. The standard InChI is InChI=1S/C19H29N5O2/c1-7-15-14(16(8-2)24(4)23-15)12-21-19(20-3)22-13-9-10-17(25-5)18(11-13)26-6/h9-11H,7-8,12H2,1-6H3,(H2,20,21,22). The van der Waals surface area contributed by atoms with Crippen molar-refractivity contribution in [1.29, 1.82) is 0 Å². The van der Waals surface area contributed by atoms with Crippen LogP contribution in [-0.2, 0) is 26.4 Å². The molecular formula is C19H29N5O2. The number of guanidine groups is 1. The van der Waals surface area contributed by atoms with Crippen molar-refractivity contribution < 1.29 is 9.47 Å². The van der Waals surface area contributed by atoms with Crippen LogP contribution in [0.25, 0.3) is 0 Å². The summed E-state index contributed by atoms with van der Waals surface area (Å²) in [5.74, 6) is 2.04. The lowest BCUT2D eigenvalue weighted by atomic mass is 10.1. The fraction of sp³-hybridized carbons (Fsp3) is 0.474. The van der Waals surface area contributed by atoms with Crippen molar-refractivity contribution in [2.45, 2.75) is 33.2 Å². The molecule has 1 aromatic carbocycles. The first-order chi connectivity index (χ1) is 12.6. The van der Waals surface area contributed by atoms with Gasteiger partial charge in [-0.05, 0) is 25.0 Å². The number of benzene rings is 1. The highest BCUT2D eigenvalue weighted by atomic mass is 16.5. The van der Waals surface area contributed by atoms with Gasteiger partial charge in [0.25, 0.3) is 0 Å². The molecular weight excluding hydrogens is 330 g/mol. The van der Waals surface area contributed by atoms with Crippen LogP contribution in [0.4, 0.5) is 5.69 Å². The molecule has 0 atom stereocenters. The average Bonchev–Trinajstić information content (AvgIpc) is 2.99. The van der Waals surface area contributed by atoms with E-state index in [0.29, 0.717) is 24.0 Å². The number of aliphatic imine (C=N–C) groups is 1. The molecule has 0 aliphatic heterocycles. The van der Waals surface area contributed by atoms with Gasteiger partial charge < -0.3 is 20.1 Å². The molecule has 0 fully saturated rings. The van der Waals surface area contributed by atoms with Gasteiger partial charge in [0.2, 0.25) is 0 Å². The number of nitrogens with one attached hydrogen (secondary N) is 2. The summed E-state index contributed by atoms with van der Waals surface area (Å²) in [5, 5.41) is 11.3. The van der Waals surface area contributed by atoms with Crippen molar-refractivity contribution in [3.8, 4) is 11.5 Å². The van der Waals surface area contributed by atoms with Crippen molar-refractivity contribution in [1.82, 2.24) is 15.1 Å². The molecule has 2 aromatic rings. The highest BCUT2D eigenvalue weighted by Gasteiger charge is 2.14. The first-order valence-electron chi connectivity index (χ1n) is 8.81. The lowest BCUT2D eigenvalue weighted by Gasteiger charge is -2.14. The predicted molar refractivity (Wildman–Crippen MR) is 105 cm³/mol. The van der Waals surface area contributed by atoms with Crippen LogP contribution in [0, 0.1) is 0 Å². The van der Waals surface area contributed by atoms with E-state index < -0.39 is 0 Å². The van der Waals surface area contributed by atoms with Gasteiger partial charge >= 0.3 is 0 Å². The van der Waals surface area contributed by atoms with E-state index in [2.05, 4.69) is 34.6 Å². The Hall–Kier alpha value is -2.70. The summed E-state index contributed by atoms with van der Waals surface area (Å²) in [7, 11) is 6.99. The highest BCUT2D eigenvalue weighted by Crippen LogP contribution is 2.29. The molecule has 0 bridgehead atoms. The van der Waals surface area contributed by atoms with Crippen LogP contribution in [0.15, 0.2) is 23.2 Å². The maximum absolute atomic E-state index is 5.35. The molecule has 142 valence electrons. The summed E-state index contributed by atoms with van der Waals surface area (Å²) >= 11 is 0. The summed E-state index contributed by atoms with van der Waals surface area (Å²) in [5.41, 5.74) is 4.48. The van der Waals surface area contributed by atoms with E-state index in [4.69, 9.17) is 9.47 Å². The third kappa shape index (κ3) is 4.28. The minimum Gasteiger partial charge on any atom is -0.493 e. The van der Waals surface area contributed by atoms with Gasteiger partial charge in [0.05, 0.1) is 19.9 Å². The van der Waals surface area contributed by atoms with Crippen LogP contribution in [-0.4, -0.2) is 37.0 Å². The van der Waals surface area contributed by atoms with Gasteiger partial charge in [-0.3, -0.25) is 9.67 Å². The molecule has 0 saturated heterocycles. The molecule has 0 aliphatic rings. The Bertz CT molecular complexity index is 768. The number of hydrogen-bond donors (Lipinski definition) is 2. The smallest absolute Gasteiger partial charge is 0.195 e. The Labute approximate surface area is 155 Å². The molecule has 0 unspecified atom stereocenters. The summed E-state index contributed by atoms with van der Waals surface area (Å²) in [6.07, 6.45) is 1.86. The number of methoxy groups -OCH3 is 2. The lowest BCUT2D eigenvalue weighted by molar-refractivity contribution is 0.355. The number of ether oxygens (including phenoxy) is 2. The van der Waals surface area contributed by atoms with Gasteiger partial charge in [-0.25, -0.2) is 0 Å². The molecule has 2 rings (SSSR count). The van der Waals surface area contributed by atoms with Crippen molar-refractivity contribution in [3.05, 3.63) is 35.2 Å². The van der Waals surface area contributed by atoms with E-state index in [1.165, 1.54) is 11.3 Å². The van der Waals surface area contributed by atoms with Gasteiger partial charge in [-0.2, -0.15) is 5.10 Å². The van der Waals surface area contributed by atoms with E-state index in [1.807, 2.05) is 29.9 Å². The quantitative estimate of drug-likeness (QED) is 0.587. The van der Waals surface area contributed by atoms with Crippen molar-refractivity contribution in [2.75, 3.05) is 26.6 Å². The fourth-order valence-electron chi connectivity index (χ4n) is 3.00. The molecule has 7 nitrogen and oxygen atoms in total. The van der Waals surface area contributed by atoms with Gasteiger partial charge in [0.15, 0.2) is 17.5 Å². The van der Waals surface area contributed by atoms with Crippen LogP contribution in [0.1, 0.15) is 30.8 Å². The molecule has 0 radical (unpaired) electrons. The SMILES string of the molecule is CCc1nn(C)c(CC)c1CNC(=NC)Nc1ccc(OC)c(OC)c1. The van der Waals surface area contributed by atoms with E-state index in [9.17, 15) is 0 Å². The Kier molecular flexibility index (Phi) is 6.89. The molecule has 2 N–H and O–H groups in total. The first-order valence-corrected chi connectivity index (χ1v) is 8.81. The fourth-order valence-corrected chi connectivity index (χ4v) is 3.00. The van der Waals surface area contributed by atoms with Crippen molar-refractivity contribution >= 4 is 11.6 Å². The highest BCUT2D eigenvalue weighted by molar-refractivity contribution is 5.93. The molecule has 0 aliphatic carbocycles. The Morgan fingerprint density at radius 1 is 1.15 bits per heavy atom. The summed E-state index contributed by atoms with van der Waals surface area (Å²) in [6.45, 7) is 4.95. The molecule has 1 heterocycles. The van der Waals surface area contributed by atoms with E-state index in [1.54, 1.807) is 21.3 Å². The van der Waals surface area contributed by atoms with Crippen LogP contribution < -0.4 is 20.1 Å². The third-order valence-electron chi connectivity index (χ3n) is 4.33. The number of aromatic nitrogens is 2. The van der Waals surface area contributed by atoms with Crippen LogP contribution in [0.2, 0.25) is 0 Å². The molecule has 7 heteroatoms. The van der Waals surface area contributed by atoms with Crippen molar-refractivity contribution in [3.63, 3.8) is 0 Å². The van der Waals surface area contributed by atoms with Crippen molar-refractivity contribution in [2.24, 2.45) is 12.0 Å². The Morgan fingerprint density at radius 2 is 1.88 bits per heavy atom. The zero-order valence-electron chi connectivity index (χ0n) is 16.5. The van der Waals surface area contributed by atoms with E-state index in [-0.39, 0.29) is 0 Å². The molecule has 0 spiro atoms. The zero-order chi connectivity index (χ0) is 19.1. The lowest BCUT2D eigenvalue weighted by Crippen LogP contribution is -2.30. The van der Waals surface area contributed by atoms with Gasteiger partial charge in [0, 0.05) is 43.7 Å². The van der Waals surface area contributed by atoms with Crippen LogP contribution in [0.5, 0.6) is 11.5 Å². The summed E-state index contributed by atoms with van der Waals surface area (Å²) in [6, 6.07) is 5.66. The second-order valence-corrected chi connectivity index (χ2v) is 5.82. The maximum atomic E-state index is 5.35. The van der Waals surface area contributed by atoms with Gasteiger partial charge in [-0.15, -0.1) is 0 Å². The molecule has 1 aromatic heterocycles. The average molecular weight is 359 g/mol. The second kappa shape index (κ2) is 9.12. The topological polar surface area (TPSA) is 72.7 Å². The third-order valence-corrected chi connectivity index (χ3v) is 4.33. The maximum Gasteiger partial charge on any atom is 0.195 e. The normalized spacial score (nSPS) is 11.4. The number of hydrogen-bond acceptors (Lipinski definition) is 4.